The van der Waals surface area contributed by atoms with E-state index in [1.807, 2.05) is 6.07 Å². The third-order valence-electron chi connectivity index (χ3n) is 3.77. The number of hydrogen-bond acceptors (Lipinski definition) is 3. The predicted octanol–water partition coefficient (Wildman–Crippen LogP) is 3.39. The number of nitrogens with zero attached hydrogens (tertiary/aromatic N) is 2. The van der Waals surface area contributed by atoms with Crippen LogP contribution >= 0.6 is 0 Å². The van der Waals surface area contributed by atoms with Crippen molar-refractivity contribution in [3.05, 3.63) is 29.3 Å². The van der Waals surface area contributed by atoms with E-state index in [-0.39, 0.29) is 11.2 Å². The molecule has 0 bridgehead atoms. The first-order valence-corrected chi connectivity index (χ1v) is 6.73. The highest BCUT2D eigenvalue weighted by atomic mass is 16.1. The van der Waals surface area contributed by atoms with E-state index in [0.717, 1.165) is 25.2 Å². The number of hydrogen-bond donors (Lipinski definition) is 0. The summed E-state index contributed by atoms with van der Waals surface area (Å²) in [5.74, 6) is 0.0435. The summed E-state index contributed by atoms with van der Waals surface area (Å²) < 4.78 is 0. The SMILES string of the molecule is CC(=O)c1ccc(C#N)c(N2CCCC(C)(C)C2)c1. The maximum Gasteiger partial charge on any atom is 0.159 e. The van der Waals surface area contributed by atoms with E-state index in [1.54, 1.807) is 19.1 Å². The van der Waals surface area contributed by atoms with Gasteiger partial charge < -0.3 is 4.90 Å². The second-order valence-electron chi connectivity index (χ2n) is 6.09. The Balaban J connectivity index is 2.39. The molecule has 0 spiro atoms. The third kappa shape index (κ3) is 2.96. The van der Waals surface area contributed by atoms with Crippen molar-refractivity contribution in [1.82, 2.24) is 0 Å². The Bertz CT molecular complexity index is 540. The van der Waals surface area contributed by atoms with Crippen molar-refractivity contribution in [2.24, 2.45) is 5.41 Å². The van der Waals surface area contributed by atoms with Crippen LogP contribution in [0.1, 0.15) is 49.5 Å². The molecule has 1 aromatic rings. The largest absolute Gasteiger partial charge is 0.370 e. The second kappa shape index (κ2) is 5.05. The first-order valence-electron chi connectivity index (χ1n) is 6.73. The number of ketones is 1. The van der Waals surface area contributed by atoms with Crippen LogP contribution in [-0.4, -0.2) is 18.9 Å². The van der Waals surface area contributed by atoms with E-state index in [2.05, 4.69) is 24.8 Å². The van der Waals surface area contributed by atoms with Crippen molar-refractivity contribution in [1.29, 1.82) is 5.26 Å². The molecule has 1 saturated heterocycles. The highest BCUT2D eigenvalue weighted by molar-refractivity contribution is 5.95. The van der Waals surface area contributed by atoms with Crippen molar-refractivity contribution in [2.75, 3.05) is 18.0 Å². The summed E-state index contributed by atoms with van der Waals surface area (Å²) in [6.07, 6.45) is 2.33. The van der Waals surface area contributed by atoms with Crippen LogP contribution in [0.5, 0.6) is 0 Å². The topological polar surface area (TPSA) is 44.1 Å². The van der Waals surface area contributed by atoms with Gasteiger partial charge in [-0.3, -0.25) is 4.79 Å². The van der Waals surface area contributed by atoms with E-state index >= 15 is 0 Å². The van der Waals surface area contributed by atoms with Crippen molar-refractivity contribution < 1.29 is 4.79 Å². The monoisotopic (exact) mass is 256 g/mol. The first kappa shape index (κ1) is 13.6. The lowest BCUT2D eigenvalue weighted by Gasteiger charge is -2.39. The molecule has 1 aromatic carbocycles. The Hall–Kier alpha value is -1.82. The number of carbonyl (C=O) groups is 1. The fourth-order valence-electron chi connectivity index (χ4n) is 2.74. The summed E-state index contributed by atoms with van der Waals surface area (Å²) in [4.78, 5) is 13.8. The Labute approximate surface area is 114 Å². The van der Waals surface area contributed by atoms with E-state index in [1.165, 1.54) is 6.42 Å². The number of nitriles is 1. The average Bonchev–Trinajstić information content (AvgIpc) is 2.36. The van der Waals surface area contributed by atoms with Crippen molar-refractivity contribution in [2.45, 2.75) is 33.6 Å². The zero-order valence-corrected chi connectivity index (χ0v) is 11.9. The molecule has 3 heteroatoms. The lowest BCUT2D eigenvalue weighted by atomic mass is 9.83. The molecule has 1 aliphatic rings. The summed E-state index contributed by atoms with van der Waals surface area (Å²) in [6, 6.07) is 7.59. The van der Waals surface area contributed by atoms with Crippen LogP contribution in [0.3, 0.4) is 0 Å². The quantitative estimate of drug-likeness (QED) is 0.762. The average molecular weight is 256 g/mol. The maximum atomic E-state index is 11.5. The summed E-state index contributed by atoms with van der Waals surface area (Å²) in [5, 5.41) is 9.25. The van der Waals surface area contributed by atoms with Crippen molar-refractivity contribution >= 4 is 11.5 Å². The van der Waals surface area contributed by atoms with E-state index in [9.17, 15) is 10.1 Å². The predicted molar refractivity (Wildman–Crippen MR) is 76.4 cm³/mol. The molecule has 0 N–H and O–H groups in total. The third-order valence-corrected chi connectivity index (χ3v) is 3.77. The zero-order chi connectivity index (χ0) is 14.0. The zero-order valence-electron chi connectivity index (χ0n) is 11.9. The van der Waals surface area contributed by atoms with Crippen LogP contribution < -0.4 is 4.90 Å². The lowest BCUT2D eigenvalue weighted by Crippen LogP contribution is -2.40. The number of piperidine rings is 1. The smallest absolute Gasteiger partial charge is 0.159 e. The Morgan fingerprint density at radius 1 is 1.42 bits per heavy atom. The lowest BCUT2D eigenvalue weighted by molar-refractivity contribution is 0.101. The highest BCUT2D eigenvalue weighted by Crippen LogP contribution is 2.33. The molecule has 0 amide bonds. The molecule has 3 nitrogen and oxygen atoms in total. The van der Waals surface area contributed by atoms with Gasteiger partial charge in [0.1, 0.15) is 6.07 Å². The molecule has 0 radical (unpaired) electrons. The van der Waals surface area contributed by atoms with Crippen molar-refractivity contribution in [3.8, 4) is 6.07 Å². The highest BCUT2D eigenvalue weighted by Gasteiger charge is 2.27. The minimum atomic E-state index is 0.0435. The molecular formula is C16H20N2O. The molecule has 2 rings (SSSR count). The molecular weight excluding hydrogens is 236 g/mol. The summed E-state index contributed by atoms with van der Waals surface area (Å²) >= 11 is 0. The Kier molecular flexibility index (Phi) is 3.61. The van der Waals surface area contributed by atoms with Crippen LogP contribution in [0.4, 0.5) is 5.69 Å². The number of carbonyl (C=O) groups excluding carboxylic acids is 1. The van der Waals surface area contributed by atoms with Gasteiger partial charge in [0.25, 0.3) is 0 Å². The van der Waals surface area contributed by atoms with Gasteiger partial charge in [-0.25, -0.2) is 0 Å². The minimum absolute atomic E-state index is 0.0435. The molecule has 19 heavy (non-hydrogen) atoms. The Morgan fingerprint density at radius 3 is 2.74 bits per heavy atom. The van der Waals surface area contributed by atoms with Gasteiger partial charge in [-0.05, 0) is 43.4 Å². The number of rotatable bonds is 2. The van der Waals surface area contributed by atoms with Gasteiger partial charge in [0.05, 0.1) is 11.3 Å². The number of benzene rings is 1. The van der Waals surface area contributed by atoms with E-state index in [4.69, 9.17) is 0 Å². The number of anilines is 1. The van der Waals surface area contributed by atoms with Gasteiger partial charge in [0.2, 0.25) is 0 Å². The molecule has 1 heterocycles. The van der Waals surface area contributed by atoms with Crippen LogP contribution in [0, 0.1) is 16.7 Å². The molecule has 1 fully saturated rings. The van der Waals surface area contributed by atoms with Crippen molar-refractivity contribution in [3.63, 3.8) is 0 Å². The normalized spacial score (nSPS) is 17.9. The van der Waals surface area contributed by atoms with E-state index in [0.29, 0.717) is 11.1 Å². The molecule has 100 valence electrons. The standard InChI is InChI=1S/C16H20N2O/c1-12(19)13-5-6-14(10-17)15(9-13)18-8-4-7-16(2,3)11-18/h5-6,9H,4,7-8,11H2,1-3H3. The summed E-state index contributed by atoms with van der Waals surface area (Å²) in [5.41, 5.74) is 2.50. The van der Waals surface area contributed by atoms with Gasteiger partial charge in [-0.1, -0.05) is 13.8 Å². The maximum absolute atomic E-state index is 11.5. The fraction of sp³-hybridized carbons (Fsp3) is 0.500. The second-order valence-corrected chi connectivity index (χ2v) is 6.09. The number of Topliss-reactive ketones (excluding diaryl/α,β-unsaturated/α-hetero) is 1. The minimum Gasteiger partial charge on any atom is -0.370 e. The van der Waals surface area contributed by atoms with E-state index < -0.39 is 0 Å². The Morgan fingerprint density at radius 2 is 2.16 bits per heavy atom. The van der Waals surface area contributed by atoms with Gasteiger partial charge >= 0.3 is 0 Å². The summed E-state index contributed by atoms with van der Waals surface area (Å²) in [6.45, 7) is 7.95. The fourth-order valence-corrected chi connectivity index (χ4v) is 2.74. The van der Waals surface area contributed by atoms with Crippen LogP contribution in [-0.2, 0) is 0 Å². The molecule has 1 aliphatic heterocycles. The van der Waals surface area contributed by atoms with Gasteiger partial charge in [-0.2, -0.15) is 5.26 Å². The molecule has 0 unspecified atom stereocenters. The molecule has 0 atom stereocenters. The van der Waals surface area contributed by atoms with Crippen LogP contribution in [0.15, 0.2) is 18.2 Å². The van der Waals surface area contributed by atoms with Crippen LogP contribution in [0.25, 0.3) is 0 Å². The first-order chi connectivity index (χ1) is 8.93. The summed E-state index contributed by atoms with van der Waals surface area (Å²) in [7, 11) is 0. The van der Waals surface area contributed by atoms with Gasteiger partial charge in [0.15, 0.2) is 5.78 Å². The molecule has 0 aliphatic carbocycles. The molecule has 0 saturated carbocycles. The van der Waals surface area contributed by atoms with Crippen LogP contribution in [0.2, 0.25) is 0 Å². The van der Waals surface area contributed by atoms with Gasteiger partial charge in [0, 0.05) is 18.7 Å². The molecule has 0 aromatic heterocycles. The van der Waals surface area contributed by atoms with Gasteiger partial charge in [-0.15, -0.1) is 0 Å².